The molecule has 4 rings (SSSR count). The first-order chi connectivity index (χ1) is 16.4. The van der Waals surface area contributed by atoms with Crippen LogP contribution in [-0.4, -0.2) is 97.8 Å². The number of rotatable bonds is 6. The minimum atomic E-state index is -3.65. The number of carbonyl (C=O) groups excluding carboxylic acids is 2. The molecule has 1 aromatic heterocycles. The van der Waals surface area contributed by atoms with E-state index in [0.717, 1.165) is 0 Å². The smallest absolute Gasteiger partial charge is 0.254 e. The van der Waals surface area contributed by atoms with E-state index < -0.39 is 16.1 Å². The second-order valence-corrected chi connectivity index (χ2v) is 10.2. The van der Waals surface area contributed by atoms with Crippen molar-refractivity contribution in [1.29, 1.82) is 0 Å². The first kappa shape index (κ1) is 24.3. The second-order valence-electron chi connectivity index (χ2n) is 8.27. The van der Waals surface area contributed by atoms with Gasteiger partial charge in [0.1, 0.15) is 0 Å². The lowest BCUT2D eigenvalue weighted by Gasteiger charge is -2.37. The molecule has 1 N–H and O–H groups in total. The predicted molar refractivity (Wildman–Crippen MR) is 126 cm³/mol. The summed E-state index contributed by atoms with van der Waals surface area (Å²) >= 11 is 0. The number of hydrogen-bond donors (Lipinski definition) is 1. The van der Waals surface area contributed by atoms with Crippen molar-refractivity contribution in [1.82, 2.24) is 19.1 Å². The molecule has 1 atom stereocenters. The van der Waals surface area contributed by atoms with Gasteiger partial charge >= 0.3 is 0 Å². The Morgan fingerprint density at radius 3 is 2.35 bits per heavy atom. The molecule has 182 valence electrons. The van der Waals surface area contributed by atoms with E-state index in [-0.39, 0.29) is 16.7 Å². The Morgan fingerprint density at radius 1 is 1.00 bits per heavy atom. The van der Waals surface area contributed by atoms with Crippen molar-refractivity contribution in [2.75, 3.05) is 57.8 Å². The molecule has 1 aromatic carbocycles. The Hall–Kier alpha value is -2.86. The van der Waals surface area contributed by atoms with Crippen LogP contribution in [0.4, 0.5) is 5.69 Å². The zero-order chi connectivity index (χ0) is 24.1. The molecular weight excluding hydrogens is 458 g/mol. The number of hydrogen-bond acceptors (Lipinski definition) is 7. The van der Waals surface area contributed by atoms with Crippen molar-refractivity contribution >= 4 is 27.5 Å². The van der Waals surface area contributed by atoms with E-state index in [0.29, 0.717) is 63.7 Å². The summed E-state index contributed by atoms with van der Waals surface area (Å²) in [5.41, 5.74) is 1.03. The summed E-state index contributed by atoms with van der Waals surface area (Å²) in [6, 6.07) is 9.27. The van der Waals surface area contributed by atoms with Gasteiger partial charge < -0.3 is 15.0 Å². The molecule has 0 unspecified atom stereocenters. The van der Waals surface area contributed by atoms with Gasteiger partial charge in [0.25, 0.3) is 5.91 Å². The van der Waals surface area contributed by atoms with E-state index in [2.05, 4.69) is 10.3 Å². The zero-order valence-electron chi connectivity index (χ0n) is 19.1. The molecule has 2 amide bonds. The molecule has 2 fully saturated rings. The molecule has 2 saturated heterocycles. The van der Waals surface area contributed by atoms with E-state index >= 15 is 0 Å². The lowest BCUT2D eigenvalue weighted by atomic mass is 10.1. The molecule has 10 nitrogen and oxygen atoms in total. The molecule has 0 spiro atoms. The van der Waals surface area contributed by atoms with Gasteiger partial charge in [0.2, 0.25) is 15.9 Å². The van der Waals surface area contributed by atoms with Gasteiger partial charge in [-0.1, -0.05) is 6.07 Å². The van der Waals surface area contributed by atoms with Gasteiger partial charge in [-0.3, -0.25) is 19.5 Å². The van der Waals surface area contributed by atoms with Crippen LogP contribution in [0.3, 0.4) is 0 Å². The highest BCUT2D eigenvalue weighted by molar-refractivity contribution is 7.89. The lowest BCUT2D eigenvalue weighted by molar-refractivity contribution is -0.121. The normalized spacial score (nSPS) is 18.9. The molecule has 0 radical (unpaired) electrons. The van der Waals surface area contributed by atoms with Crippen molar-refractivity contribution < 1.29 is 22.7 Å². The number of pyridine rings is 1. The van der Waals surface area contributed by atoms with E-state index in [1.807, 2.05) is 11.8 Å². The minimum absolute atomic E-state index is 0.0440. The number of sulfonamides is 1. The fourth-order valence-corrected chi connectivity index (χ4v) is 5.53. The summed E-state index contributed by atoms with van der Waals surface area (Å²) in [5, 5.41) is 2.84. The fraction of sp³-hybridized carbons (Fsp3) is 0.435. The maximum Gasteiger partial charge on any atom is 0.254 e. The average Bonchev–Trinajstić information content (AvgIpc) is 2.89. The molecule has 2 aromatic rings. The summed E-state index contributed by atoms with van der Waals surface area (Å²) in [4.78, 5) is 33.4. The maximum atomic E-state index is 12.9. The van der Waals surface area contributed by atoms with E-state index in [4.69, 9.17) is 4.74 Å². The van der Waals surface area contributed by atoms with Crippen LogP contribution in [0.15, 0.2) is 53.7 Å². The number of ether oxygens (including phenoxy) is 1. The standard InChI is InChI=1S/C23H29N5O5S/c1-18(26-9-11-27(12-10-26)23(30)19-5-7-24-8-6-19)22(29)25-20-3-2-4-21(17-20)34(31,32)28-13-15-33-16-14-28/h2-8,17-18H,9-16H2,1H3,(H,25,29)/t18-/m1/s1. The van der Waals surface area contributed by atoms with E-state index in [9.17, 15) is 18.0 Å². The van der Waals surface area contributed by atoms with Gasteiger partial charge in [-0.05, 0) is 37.3 Å². The van der Waals surface area contributed by atoms with Crippen LogP contribution >= 0.6 is 0 Å². The van der Waals surface area contributed by atoms with Crippen molar-refractivity contribution in [2.24, 2.45) is 0 Å². The van der Waals surface area contributed by atoms with Gasteiger partial charge in [0.05, 0.1) is 24.2 Å². The molecular formula is C23H29N5O5S. The van der Waals surface area contributed by atoms with Crippen LogP contribution in [0.25, 0.3) is 0 Å². The van der Waals surface area contributed by atoms with Gasteiger partial charge in [-0.25, -0.2) is 8.42 Å². The van der Waals surface area contributed by atoms with Crippen LogP contribution in [0.2, 0.25) is 0 Å². The number of anilines is 1. The highest BCUT2D eigenvalue weighted by Crippen LogP contribution is 2.21. The SMILES string of the molecule is C[C@H](C(=O)Nc1cccc(S(=O)(=O)N2CCOCC2)c1)N1CCN(C(=O)c2ccncc2)CC1. The fourth-order valence-electron chi connectivity index (χ4n) is 4.07. The van der Waals surface area contributed by atoms with Crippen LogP contribution < -0.4 is 5.32 Å². The Labute approximate surface area is 199 Å². The molecule has 3 heterocycles. The first-order valence-electron chi connectivity index (χ1n) is 11.3. The highest BCUT2D eigenvalue weighted by Gasteiger charge is 2.29. The van der Waals surface area contributed by atoms with Crippen LogP contribution in [0.1, 0.15) is 17.3 Å². The van der Waals surface area contributed by atoms with Gasteiger partial charge in [0.15, 0.2) is 0 Å². The van der Waals surface area contributed by atoms with Crippen LogP contribution in [0.5, 0.6) is 0 Å². The minimum Gasteiger partial charge on any atom is -0.379 e. The van der Waals surface area contributed by atoms with Gasteiger partial charge in [0, 0.05) is 62.9 Å². The Bertz CT molecular complexity index is 1110. The summed E-state index contributed by atoms with van der Waals surface area (Å²) in [7, 11) is -3.65. The molecule has 0 aliphatic carbocycles. The van der Waals surface area contributed by atoms with Gasteiger partial charge in [-0.2, -0.15) is 4.31 Å². The average molecular weight is 488 g/mol. The quantitative estimate of drug-likeness (QED) is 0.644. The lowest BCUT2D eigenvalue weighted by Crippen LogP contribution is -2.54. The Morgan fingerprint density at radius 2 is 1.68 bits per heavy atom. The number of amides is 2. The van der Waals surface area contributed by atoms with E-state index in [1.54, 1.807) is 41.6 Å². The maximum absolute atomic E-state index is 12.9. The number of morpholine rings is 1. The summed E-state index contributed by atoms with van der Waals surface area (Å²) < 4.78 is 32.5. The Balaban J connectivity index is 1.34. The highest BCUT2D eigenvalue weighted by atomic mass is 32.2. The molecule has 11 heteroatoms. The first-order valence-corrected chi connectivity index (χ1v) is 12.7. The monoisotopic (exact) mass is 487 g/mol. The zero-order valence-corrected chi connectivity index (χ0v) is 19.9. The number of carbonyl (C=O) groups is 2. The second kappa shape index (κ2) is 10.6. The molecule has 2 aliphatic rings. The third kappa shape index (κ3) is 5.44. The topological polar surface area (TPSA) is 112 Å². The van der Waals surface area contributed by atoms with E-state index in [1.165, 1.54) is 16.4 Å². The third-order valence-corrected chi connectivity index (χ3v) is 8.06. The van der Waals surface area contributed by atoms with Crippen molar-refractivity contribution in [3.8, 4) is 0 Å². The van der Waals surface area contributed by atoms with Crippen molar-refractivity contribution in [2.45, 2.75) is 17.9 Å². The number of piperazine rings is 1. The summed E-state index contributed by atoms with van der Waals surface area (Å²) in [6.45, 7) is 5.34. The van der Waals surface area contributed by atoms with Crippen molar-refractivity contribution in [3.05, 3.63) is 54.4 Å². The molecule has 0 saturated carbocycles. The summed E-state index contributed by atoms with van der Waals surface area (Å²) in [6.07, 6.45) is 3.19. The van der Waals surface area contributed by atoms with Crippen LogP contribution in [-0.2, 0) is 19.6 Å². The molecule has 0 bridgehead atoms. The summed E-state index contributed by atoms with van der Waals surface area (Å²) in [5.74, 6) is -0.271. The van der Waals surface area contributed by atoms with Gasteiger partial charge in [-0.15, -0.1) is 0 Å². The number of aromatic nitrogens is 1. The largest absolute Gasteiger partial charge is 0.379 e. The molecule has 34 heavy (non-hydrogen) atoms. The van der Waals surface area contributed by atoms with Crippen LogP contribution in [0, 0.1) is 0 Å². The number of benzene rings is 1. The number of nitrogens with zero attached hydrogens (tertiary/aromatic N) is 4. The predicted octanol–water partition coefficient (Wildman–Crippen LogP) is 0.888. The van der Waals surface area contributed by atoms with Crippen molar-refractivity contribution in [3.63, 3.8) is 0 Å². The Kier molecular flexibility index (Phi) is 7.57. The number of nitrogens with one attached hydrogen (secondary N) is 1. The third-order valence-electron chi connectivity index (χ3n) is 6.17. The molecule has 2 aliphatic heterocycles.